The van der Waals surface area contributed by atoms with Crippen LogP contribution in [-0.2, 0) is 6.54 Å². The largest absolute Gasteiger partial charge is 0.311 e. The molecule has 1 aromatic rings. The summed E-state index contributed by atoms with van der Waals surface area (Å²) in [6, 6.07) is 0.215. The molecule has 1 aromatic heterocycles. The number of rotatable bonds is 4. The molecule has 5 heteroatoms. The molecule has 1 saturated carbocycles. The first-order valence-electron chi connectivity index (χ1n) is 6.64. The molecule has 17 heavy (non-hydrogen) atoms. The Morgan fingerprint density at radius 2 is 2.06 bits per heavy atom. The first-order chi connectivity index (χ1) is 8.20. The normalized spacial score (nSPS) is 27.0. The molecule has 1 aliphatic carbocycles. The van der Waals surface area contributed by atoms with Crippen molar-refractivity contribution in [2.45, 2.75) is 52.1 Å². The van der Waals surface area contributed by atoms with E-state index in [2.05, 4.69) is 34.7 Å². The van der Waals surface area contributed by atoms with E-state index in [0.29, 0.717) is 0 Å². The minimum absolute atomic E-state index is 0.215. The van der Waals surface area contributed by atoms with Crippen LogP contribution in [0.4, 0.5) is 0 Å². The lowest BCUT2D eigenvalue weighted by atomic mass is 9.83. The van der Waals surface area contributed by atoms with Gasteiger partial charge >= 0.3 is 0 Å². The highest BCUT2D eigenvalue weighted by molar-refractivity contribution is 4.89. The molecule has 2 rings (SSSR count). The van der Waals surface area contributed by atoms with Gasteiger partial charge in [-0.05, 0) is 49.1 Å². The molecule has 96 valence electrons. The van der Waals surface area contributed by atoms with Gasteiger partial charge in [-0.2, -0.15) is 0 Å². The van der Waals surface area contributed by atoms with Crippen LogP contribution in [0.3, 0.4) is 0 Å². The Balaban J connectivity index is 1.96. The first kappa shape index (κ1) is 12.5. The molecule has 1 atom stereocenters. The summed E-state index contributed by atoms with van der Waals surface area (Å²) < 4.78 is 1.97. The predicted octanol–water partition coefficient (Wildman–Crippen LogP) is 1.78. The molecule has 1 fully saturated rings. The van der Waals surface area contributed by atoms with Gasteiger partial charge in [-0.15, -0.1) is 5.10 Å². The van der Waals surface area contributed by atoms with E-state index >= 15 is 0 Å². The van der Waals surface area contributed by atoms with Crippen molar-refractivity contribution in [3.05, 3.63) is 5.82 Å². The second-order valence-corrected chi connectivity index (χ2v) is 5.36. The monoisotopic (exact) mass is 237 g/mol. The summed E-state index contributed by atoms with van der Waals surface area (Å²) in [5.74, 6) is 2.60. The fourth-order valence-electron chi connectivity index (χ4n) is 2.54. The van der Waals surface area contributed by atoms with Gasteiger partial charge in [-0.25, -0.2) is 4.68 Å². The average Bonchev–Trinajstić information content (AvgIpc) is 2.79. The van der Waals surface area contributed by atoms with E-state index < -0.39 is 0 Å². The Labute approximate surface area is 103 Å². The van der Waals surface area contributed by atoms with Gasteiger partial charge in [0.1, 0.15) is 0 Å². The van der Waals surface area contributed by atoms with Gasteiger partial charge in [0.05, 0.1) is 6.04 Å². The minimum atomic E-state index is 0.215. The SMILES string of the molecule is CNC(C)c1nnnn1CC1CCC(C)CC1. The van der Waals surface area contributed by atoms with Crippen molar-refractivity contribution < 1.29 is 0 Å². The van der Waals surface area contributed by atoms with Crippen LogP contribution in [0.1, 0.15) is 51.4 Å². The van der Waals surface area contributed by atoms with E-state index in [1.165, 1.54) is 25.7 Å². The Morgan fingerprint density at radius 3 is 2.71 bits per heavy atom. The molecular weight excluding hydrogens is 214 g/mol. The molecule has 5 nitrogen and oxygen atoms in total. The van der Waals surface area contributed by atoms with Gasteiger partial charge in [-0.3, -0.25) is 0 Å². The average molecular weight is 237 g/mol. The zero-order chi connectivity index (χ0) is 12.3. The number of tetrazole rings is 1. The number of hydrogen-bond donors (Lipinski definition) is 1. The molecule has 0 saturated heterocycles. The lowest BCUT2D eigenvalue weighted by Gasteiger charge is -2.26. The van der Waals surface area contributed by atoms with Gasteiger partial charge in [0.15, 0.2) is 5.82 Å². The van der Waals surface area contributed by atoms with Crippen LogP contribution < -0.4 is 5.32 Å². The van der Waals surface area contributed by atoms with Crippen LogP contribution in [0.15, 0.2) is 0 Å². The Morgan fingerprint density at radius 1 is 1.35 bits per heavy atom. The number of nitrogens with zero attached hydrogens (tertiary/aromatic N) is 4. The molecular formula is C12H23N5. The molecule has 0 aromatic carbocycles. The van der Waals surface area contributed by atoms with Gasteiger partial charge < -0.3 is 5.32 Å². The molecule has 1 aliphatic rings. The van der Waals surface area contributed by atoms with E-state index in [1.807, 2.05) is 11.7 Å². The Bertz CT molecular complexity index is 340. The van der Waals surface area contributed by atoms with Crippen LogP contribution >= 0.6 is 0 Å². The second kappa shape index (κ2) is 5.58. The summed E-state index contributed by atoms with van der Waals surface area (Å²) in [5, 5.41) is 15.2. The molecule has 1 N–H and O–H groups in total. The highest BCUT2D eigenvalue weighted by atomic mass is 15.5. The number of hydrogen-bond acceptors (Lipinski definition) is 4. The lowest BCUT2D eigenvalue weighted by Crippen LogP contribution is -2.23. The van der Waals surface area contributed by atoms with E-state index in [1.54, 1.807) is 0 Å². The molecule has 0 bridgehead atoms. The summed E-state index contributed by atoms with van der Waals surface area (Å²) in [4.78, 5) is 0. The van der Waals surface area contributed by atoms with Gasteiger partial charge in [0, 0.05) is 6.54 Å². The van der Waals surface area contributed by atoms with E-state index in [9.17, 15) is 0 Å². The quantitative estimate of drug-likeness (QED) is 0.867. The van der Waals surface area contributed by atoms with Gasteiger partial charge in [-0.1, -0.05) is 19.8 Å². The van der Waals surface area contributed by atoms with E-state index in [4.69, 9.17) is 0 Å². The van der Waals surface area contributed by atoms with Gasteiger partial charge in [0.2, 0.25) is 0 Å². The van der Waals surface area contributed by atoms with Crippen molar-refractivity contribution in [2.75, 3.05) is 7.05 Å². The third-order valence-electron chi connectivity index (χ3n) is 3.95. The Kier molecular flexibility index (Phi) is 4.10. The standard InChI is InChI=1S/C12H23N5/c1-9-4-6-11(7-5-9)8-17-12(10(2)13-3)14-15-16-17/h9-11,13H,4-8H2,1-3H3. The van der Waals surface area contributed by atoms with Gasteiger partial charge in [0.25, 0.3) is 0 Å². The molecule has 0 spiro atoms. The van der Waals surface area contributed by atoms with Crippen molar-refractivity contribution in [3.63, 3.8) is 0 Å². The molecule has 0 aliphatic heterocycles. The fourth-order valence-corrected chi connectivity index (χ4v) is 2.54. The van der Waals surface area contributed by atoms with Crippen molar-refractivity contribution in [1.29, 1.82) is 0 Å². The zero-order valence-corrected chi connectivity index (χ0v) is 11.1. The zero-order valence-electron chi connectivity index (χ0n) is 11.1. The molecule has 1 heterocycles. The van der Waals surface area contributed by atoms with Crippen LogP contribution in [0.2, 0.25) is 0 Å². The lowest BCUT2D eigenvalue weighted by molar-refractivity contribution is 0.252. The van der Waals surface area contributed by atoms with E-state index in [-0.39, 0.29) is 6.04 Å². The van der Waals surface area contributed by atoms with Crippen LogP contribution in [-0.4, -0.2) is 27.3 Å². The molecule has 0 radical (unpaired) electrons. The second-order valence-electron chi connectivity index (χ2n) is 5.36. The first-order valence-corrected chi connectivity index (χ1v) is 6.64. The molecule has 0 amide bonds. The van der Waals surface area contributed by atoms with Crippen molar-refractivity contribution in [1.82, 2.24) is 25.5 Å². The highest BCUT2D eigenvalue weighted by Crippen LogP contribution is 2.29. The maximum absolute atomic E-state index is 4.11. The summed E-state index contributed by atoms with van der Waals surface area (Å²) in [6.07, 6.45) is 5.33. The molecule has 1 unspecified atom stereocenters. The smallest absolute Gasteiger partial charge is 0.167 e. The third kappa shape index (κ3) is 3.03. The fraction of sp³-hybridized carbons (Fsp3) is 0.917. The topological polar surface area (TPSA) is 55.6 Å². The Hall–Kier alpha value is -0.970. The predicted molar refractivity (Wildman–Crippen MR) is 66.4 cm³/mol. The number of nitrogens with one attached hydrogen (secondary N) is 1. The van der Waals surface area contributed by atoms with Crippen LogP contribution in [0, 0.1) is 11.8 Å². The van der Waals surface area contributed by atoms with E-state index in [0.717, 1.165) is 24.2 Å². The minimum Gasteiger partial charge on any atom is -0.311 e. The van der Waals surface area contributed by atoms with Crippen LogP contribution in [0.25, 0.3) is 0 Å². The summed E-state index contributed by atoms with van der Waals surface area (Å²) in [7, 11) is 1.94. The maximum Gasteiger partial charge on any atom is 0.167 e. The van der Waals surface area contributed by atoms with Crippen LogP contribution in [0.5, 0.6) is 0 Å². The van der Waals surface area contributed by atoms with Crippen molar-refractivity contribution >= 4 is 0 Å². The maximum atomic E-state index is 4.11. The summed E-state index contributed by atoms with van der Waals surface area (Å²) in [6.45, 7) is 5.41. The highest BCUT2D eigenvalue weighted by Gasteiger charge is 2.21. The van der Waals surface area contributed by atoms with Crippen molar-refractivity contribution in [3.8, 4) is 0 Å². The third-order valence-corrected chi connectivity index (χ3v) is 3.95. The van der Waals surface area contributed by atoms with Crippen molar-refractivity contribution in [2.24, 2.45) is 11.8 Å². The summed E-state index contributed by atoms with van der Waals surface area (Å²) in [5.41, 5.74) is 0. The number of aromatic nitrogens is 4. The summed E-state index contributed by atoms with van der Waals surface area (Å²) >= 11 is 0.